The lowest BCUT2D eigenvalue weighted by Gasteiger charge is -2.51. The van der Waals surface area contributed by atoms with Gasteiger partial charge < -0.3 is 224 Å². The first-order valence-electron chi connectivity index (χ1n) is 33.5. The van der Waals surface area contributed by atoms with Gasteiger partial charge >= 0.3 is 0 Å². The van der Waals surface area contributed by atoms with Crippen molar-refractivity contribution in [1.29, 1.82) is 0 Å². The number of amides is 2. The fraction of sp³-hybridized carbons (Fsp3) is 0.966. The monoisotopic (exact) mass is 1540 g/mol. The van der Waals surface area contributed by atoms with Crippen LogP contribution < -0.4 is 10.6 Å². The molecule has 9 saturated heterocycles. The van der Waals surface area contributed by atoms with E-state index in [1.54, 1.807) is 0 Å². The van der Waals surface area contributed by atoms with Crippen molar-refractivity contribution in [2.75, 3.05) is 66.1 Å². The Morgan fingerprint density at radius 2 is 0.571 bits per heavy atom. The highest BCUT2D eigenvalue weighted by atomic mass is 16.8. The Kier molecular flexibility index (Phi) is 31.0. The number of hydrogen-bond acceptors (Lipinski definition) is 45. The zero-order chi connectivity index (χ0) is 77.1. The molecule has 9 fully saturated rings. The van der Waals surface area contributed by atoms with Crippen molar-refractivity contribution < 1.29 is 223 Å². The summed E-state index contributed by atoms with van der Waals surface area (Å²) in [6.07, 6.45) is -87.2. The topological polar surface area (TPSA) is 741 Å². The van der Waals surface area contributed by atoms with E-state index in [0.717, 1.165) is 13.8 Å². The Morgan fingerprint density at radius 1 is 0.276 bits per heavy atom. The summed E-state index contributed by atoms with van der Waals surface area (Å²) in [4.78, 5) is 25.0. The third kappa shape index (κ3) is 19.0. The maximum absolute atomic E-state index is 12.9. The lowest BCUT2D eigenvalue weighted by molar-refractivity contribution is -0.409. The highest BCUT2D eigenvalue weighted by Crippen LogP contribution is 2.39. The summed E-state index contributed by atoms with van der Waals surface area (Å²) in [6.45, 7) is -7.37. The Hall–Kier alpha value is -2.78. The molecule has 2 amide bonds. The van der Waals surface area contributed by atoms with Gasteiger partial charge in [-0.3, -0.25) is 9.59 Å². The summed E-state index contributed by atoms with van der Waals surface area (Å²) in [5.74, 6) is -1.53. The first-order chi connectivity index (χ1) is 49.7. The smallest absolute Gasteiger partial charge is 0.217 e. The molecule has 0 unspecified atom stereocenters. The quantitative estimate of drug-likeness (QED) is 0.0363. The van der Waals surface area contributed by atoms with Crippen molar-refractivity contribution in [3.63, 3.8) is 0 Å². The lowest BCUT2D eigenvalue weighted by atomic mass is 9.94. The lowest BCUT2D eigenvalue weighted by Crippen LogP contribution is -2.70. The number of hydrogen-bond donors (Lipinski definition) is 28. The van der Waals surface area contributed by atoms with Crippen LogP contribution in [0.25, 0.3) is 0 Å². The van der Waals surface area contributed by atoms with E-state index in [1.165, 1.54) is 0 Å². The Morgan fingerprint density at radius 3 is 1.01 bits per heavy atom. The third-order valence-corrected chi connectivity index (χ3v) is 19.5. The van der Waals surface area contributed by atoms with E-state index in [-0.39, 0.29) is 6.61 Å². The van der Waals surface area contributed by atoms with Crippen molar-refractivity contribution in [1.82, 2.24) is 10.6 Å². The summed E-state index contributed by atoms with van der Waals surface area (Å²) >= 11 is 0. The van der Waals surface area contributed by atoms with Gasteiger partial charge in [-0.25, -0.2) is 0 Å². The first-order valence-corrected chi connectivity index (χ1v) is 33.5. The molecule has 0 spiro atoms. The molecule has 47 heteroatoms. The average molecular weight is 1540 g/mol. The van der Waals surface area contributed by atoms with Crippen LogP contribution in [0.15, 0.2) is 0 Å². The number of nitrogens with one attached hydrogen (secondary N) is 2. The van der Waals surface area contributed by atoms with Crippen LogP contribution in [0.4, 0.5) is 0 Å². The van der Waals surface area contributed by atoms with Gasteiger partial charge in [-0.1, -0.05) is 0 Å². The second kappa shape index (κ2) is 37.7. The normalized spacial score (nSPS) is 50.8. The molecule has 9 rings (SSSR count). The molecule has 9 aliphatic rings. The van der Waals surface area contributed by atoms with Crippen LogP contribution in [0.2, 0.25) is 0 Å². The molecule has 0 saturated carbocycles. The largest absolute Gasteiger partial charge is 0.394 e. The summed E-state index contributed by atoms with van der Waals surface area (Å²) in [6, 6.07) is -3.03. The highest BCUT2D eigenvalue weighted by Gasteiger charge is 2.60. The summed E-state index contributed by atoms with van der Waals surface area (Å²) in [5, 5.41) is 290. The van der Waals surface area contributed by atoms with E-state index in [9.17, 15) is 142 Å². The van der Waals surface area contributed by atoms with Gasteiger partial charge in [-0.2, -0.15) is 0 Å². The van der Waals surface area contributed by atoms with Gasteiger partial charge in [0.2, 0.25) is 11.8 Å². The number of rotatable bonds is 27. The summed E-state index contributed by atoms with van der Waals surface area (Å²) in [5.41, 5.74) is 0. The minimum atomic E-state index is -2.58. The van der Waals surface area contributed by atoms with Crippen LogP contribution in [0, 0.1) is 0 Å². The third-order valence-electron chi connectivity index (χ3n) is 19.5. The average Bonchev–Trinajstić information content (AvgIpc) is 0.767. The molecule has 9 heterocycles. The number of aliphatic hydroxyl groups is 26. The molecular formula is C58H98N2O45. The van der Waals surface area contributed by atoms with Gasteiger partial charge in [0.15, 0.2) is 50.3 Å². The first kappa shape index (κ1) is 86.2. The summed E-state index contributed by atoms with van der Waals surface area (Å²) in [7, 11) is 0. The van der Waals surface area contributed by atoms with Crippen LogP contribution in [0.3, 0.4) is 0 Å². The Labute approximate surface area is 593 Å². The van der Waals surface area contributed by atoms with E-state index in [0.29, 0.717) is 0 Å². The molecule has 28 N–H and O–H groups in total. The van der Waals surface area contributed by atoms with E-state index in [1.807, 2.05) is 0 Å². The second-order valence-corrected chi connectivity index (χ2v) is 26.7. The Bertz CT molecular complexity index is 2670. The predicted octanol–water partition coefficient (Wildman–Crippen LogP) is -19.7. The number of aliphatic hydroxyl groups excluding tert-OH is 26. The number of carbonyl (C=O) groups excluding carboxylic acids is 2. The van der Waals surface area contributed by atoms with E-state index in [2.05, 4.69) is 10.6 Å². The van der Waals surface area contributed by atoms with Crippen molar-refractivity contribution in [3.05, 3.63) is 0 Å². The van der Waals surface area contributed by atoms with Crippen molar-refractivity contribution >= 4 is 11.8 Å². The van der Waals surface area contributed by atoms with Crippen LogP contribution in [0.1, 0.15) is 13.8 Å². The van der Waals surface area contributed by atoms with Gasteiger partial charge in [0.05, 0.1) is 72.1 Å². The van der Waals surface area contributed by atoms with Crippen molar-refractivity contribution in [2.45, 2.75) is 284 Å². The minimum Gasteiger partial charge on any atom is -0.394 e. The maximum atomic E-state index is 12.9. The fourth-order valence-corrected chi connectivity index (χ4v) is 13.4. The van der Waals surface area contributed by atoms with Gasteiger partial charge in [-0.05, 0) is 0 Å². The molecule has 0 bridgehead atoms. The van der Waals surface area contributed by atoms with Crippen molar-refractivity contribution in [2.24, 2.45) is 0 Å². The second-order valence-electron chi connectivity index (χ2n) is 26.7. The molecule has 105 heavy (non-hydrogen) atoms. The SMILES string of the molecule is CC(=O)N[C@H]1[C@H](O[C@H]2[C@H](O)[C@@H](NC(C)=O)CO[C@@H]2CO)O[C@H](CO)[C@@H](O[C@@H]2O[C@H](CO[C@H]3O[C@H](CO[C@@H]4O[C@H](CO)[C@@H](O)[C@H](O)[C@@H]4O)[C@@H](O)[C@H](O)[C@@H]3O)[C@@H](O)[C@H](O[C@H]3O[C@H](CO[C@H]4O[C@H](CO)[C@@H](O)[C@H](O)[C@@H]4O)[C@@H](O)[C@H](O)[C@@H]3O[C@H]3O[C@H](CO)[C@@H](O)[C@H](O)[C@@H]3O[C@@H]3O[C@H](CO)[C@@H](O)[C@H](O)[C@@H]3O)[C@@H]2O)[C@@H]1O. The molecule has 0 radical (unpaired) electrons. The van der Waals surface area contributed by atoms with Gasteiger partial charge in [0, 0.05) is 13.8 Å². The van der Waals surface area contributed by atoms with Gasteiger partial charge in [-0.15, -0.1) is 0 Å². The minimum absolute atomic E-state index is 0.342. The molecule has 0 aliphatic carbocycles. The van der Waals surface area contributed by atoms with E-state index < -0.39 is 341 Å². The zero-order valence-electron chi connectivity index (χ0n) is 55.9. The molecule has 0 aromatic rings. The van der Waals surface area contributed by atoms with Gasteiger partial charge in [0.25, 0.3) is 0 Å². The fourth-order valence-electron chi connectivity index (χ4n) is 13.4. The molecule has 610 valence electrons. The maximum Gasteiger partial charge on any atom is 0.217 e. The molecular weight excluding hydrogens is 1440 g/mol. The summed E-state index contributed by atoms with van der Waals surface area (Å²) < 4.78 is 99.1. The molecule has 0 aromatic heterocycles. The zero-order valence-corrected chi connectivity index (χ0v) is 55.9. The van der Waals surface area contributed by atoms with Crippen molar-refractivity contribution in [3.8, 4) is 0 Å². The number of carbonyl (C=O) groups is 2. The van der Waals surface area contributed by atoms with E-state index in [4.69, 9.17) is 80.5 Å². The molecule has 44 atom stereocenters. The van der Waals surface area contributed by atoms with Gasteiger partial charge in [0.1, 0.15) is 214 Å². The van der Waals surface area contributed by atoms with E-state index >= 15 is 0 Å². The van der Waals surface area contributed by atoms with Crippen LogP contribution in [-0.2, 0) is 90.1 Å². The molecule has 47 nitrogen and oxygen atoms in total. The van der Waals surface area contributed by atoms with Crippen LogP contribution in [0.5, 0.6) is 0 Å². The van der Waals surface area contributed by atoms with Crippen LogP contribution in [-0.4, -0.2) is 481 Å². The number of ether oxygens (including phenoxy) is 17. The Balaban J connectivity index is 1.06. The van der Waals surface area contributed by atoms with Crippen LogP contribution >= 0.6 is 0 Å². The standard InChI is InChI=1S/C58H98N2O45/c1-13(67)59-15-9-89-20(7-65)46(26(15)69)101-51-25(60-14(2)68)34(77)47(21(8-66)97-51)102-56-45(88)48(33(76)24(99-56)12-92-54-43(86)38(81)31(74)22(98-54)10-90-52-41(84)35(78)27(70)16(3-61)93-52)103-58-50(40(83)32(75)23(100-58)11-91-53-42(85)36(79)28(71)17(4-62)94-53)105-57-49(39(82)30(73)19(6-64)96-57)104-55-44(87)37(80)29(72)18(5-63)95-55/h15-58,61-66,69-88H,3-12H2,1-2H3,(H,59,67)(H,60,68)/t15-,16+,17+,18+,19+,20+,21+,22+,23+,24+,25+,26+,27+,28+,29+,30+,31+,32+,33+,34+,35-,36-,37-,38-,39-,40-,41-,42-,43-,44-,45-,46+,47+,48-,49-,50-,51-,52+,53-,54-,55-,56-,57+,58+/m0/s1. The highest BCUT2D eigenvalue weighted by molar-refractivity contribution is 5.73. The molecule has 0 aromatic carbocycles. The predicted molar refractivity (Wildman–Crippen MR) is 319 cm³/mol. The molecule has 9 aliphatic heterocycles.